The van der Waals surface area contributed by atoms with Crippen molar-refractivity contribution in [1.29, 1.82) is 0 Å². The molecule has 0 aliphatic heterocycles. The Hall–Kier alpha value is -1.62. The number of aromatic nitrogens is 1. The maximum Gasteiger partial charge on any atom is 0.197 e. The number of methoxy groups -OCH3 is 1. The second-order valence-electron chi connectivity index (χ2n) is 3.67. The lowest BCUT2D eigenvalue weighted by Crippen LogP contribution is -1.94. The van der Waals surface area contributed by atoms with Gasteiger partial charge in [-0.1, -0.05) is 11.3 Å². The molecular formula is C13H14FNO2S. The summed E-state index contributed by atoms with van der Waals surface area (Å²) in [7, 11) is 1.60. The molecule has 0 aliphatic rings. The second kappa shape index (κ2) is 5.35. The molecule has 0 spiro atoms. The third kappa shape index (κ3) is 2.46. The molecule has 2 rings (SSSR count). The zero-order valence-electron chi connectivity index (χ0n) is 10.5. The topological polar surface area (TPSA) is 31.4 Å². The molecule has 1 aromatic heterocycles. The summed E-state index contributed by atoms with van der Waals surface area (Å²) < 4.78 is 24.1. The Kier molecular flexibility index (Phi) is 3.81. The van der Waals surface area contributed by atoms with Gasteiger partial charge in [-0.15, -0.1) is 0 Å². The van der Waals surface area contributed by atoms with Crippen LogP contribution in [-0.2, 0) is 0 Å². The van der Waals surface area contributed by atoms with Gasteiger partial charge >= 0.3 is 0 Å². The van der Waals surface area contributed by atoms with Crippen molar-refractivity contribution in [3.05, 3.63) is 29.7 Å². The van der Waals surface area contributed by atoms with E-state index >= 15 is 0 Å². The number of benzene rings is 1. The Morgan fingerprint density at radius 1 is 1.39 bits per heavy atom. The lowest BCUT2D eigenvalue weighted by Gasteiger charge is -2.05. The zero-order chi connectivity index (χ0) is 13.1. The van der Waals surface area contributed by atoms with Gasteiger partial charge in [-0.25, -0.2) is 9.37 Å². The van der Waals surface area contributed by atoms with E-state index in [9.17, 15) is 4.39 Å². The fourth-order valence-electron chi connectivity index (χ4n) is 1.60. The van der Waals surface area contributed by atoms with Crippen LogP contribution in [0.2, 0.25) is 0 Å². The molecule has 0 radical (unpaired) electrons. The van der Waals surface area contributed by atoms with Gasteiger partial charge in [0.25, 0.3) is 0 Å². The highest BCUT2D eigenvalue weighted by molar-refractivity contribution is 7.17. The molecular weight excluding hydrogens is 253 g/mol. The van der Waals surface area contributed by atoms with Gasteiger partial charge in [0, 0.05) is 5.56 Å². The summed E-state index contributed by atoms with van der Waals surface area (Å²) in [6.45, 7) is 4.13. The first-order valence-electron chi connectivity index (χ1n) is 5.59. The zero-order valence-corrected chi connectivity index (χ0v) is 11.3. The number of halogens is 1. The van der Waals surface area contributed by atoms with Crippen LogP contribution in [0.25, 0.3) is 10.6 Å². The molecule has 1 heterocycles. The van der Waals surface area contributed by atoms with Gasteiger partial charge in [-0.05, 0) is 32.0 Å². The highest BCUT2D eigenvalue weighted by Gasteiger charge is 2.12. The number of thiazole rings is 1. The minimum atomic E-state index is -0.374. The smallest absolute Gasteiger partial charge is 0.197 e. The molecule has 0 atom stereocenters. The van der Waals surface area contributed by atoms with Crippen LogP contribution < -0.4 is 9.47 Å². The van der Waals surface area contributed by atoms with Gasteiger partial charge in [0.05, 0.1) is 19.4 Å². The number of aryl methyl sites for hydroxylation is 1. The summed E-state index contributed by atoms with van der Waals surface area (Å²) in [4.78, 5) is 4.35. The number of nitrogens with zero attached hydrogens (tertiary/aromatic N) is 1. The summed E-state index contributed by atoms with van der Waals surface area (Å²) in [5.41, 5.74) is 1.54. The van der Waals surface area contributed by atoms with E-state index < -0.39 is 0 Å². The lowest BCUT2D eigenvalue weighted by atomic mass is 10.2. The summed E-state index contributed by atoms with van der Waals surface area (Å²) in [6, 6.07) is 4.85. The number of rotatable bonds is 4. The average molecular weight is 267 g/mol. The molecule has 0 bridgehead atoms. The predicted octanol–water partition coefficient (Wildman–Crippen LogP) is 3.66. The SMILES string of the molecule is CCOc1ccc(-c2nc(C)c(OC)s2)cc1F. The van der Waals surface area contributed by atoms with Crippen molar-refractivity contribution in [2.24, 2.45) is 0 Å². The van der Waals surface area contributed by atoms with Crippen LogP contribution in [0.5, 0.6) is 10.8 Å². The van der Waals surface area contributed by atoms with Gasteiger partial charge in [0.15, 0.2) is 16.6 Å². The van der Waals surface area contributed by atoms with Gasteiger partial charge in [-0.3, -0.25) is 0 Å². The van der Waals surface area contributed by atoms with E-state index in [1.807, 2.05) is 13.8 Å². The van der Waals surface area contributed by atoms with Crippen molar-refractivity contribution < 1.29 is 13.9 Å². The molecule has 3 nitrogen and oxygen atoms in total. The fourth-order valence-corrected chi connectivity index (χ4v) is 2.48. The Balaban J connectivity index is 2.35. The molecule has 0 unspecified atom stereocenters. The van der Waals surface area contributed by atoms with E-state index in [-0.39, 0.29) is 11.6 Å². The third-order valence-corrected chi connectivity index (χ3v) is 3.59. The number of hydrogen-bond donors (Lipinski definition) is 0. The first-order chi connectivity index (χ1) is 8.65. The van der Waals surface area contributed by atoms with Crippen LogP contribution in [0.15, 0.2) is 18.2 Å². The van der Waals surface area contributed by atoms with Crippen LogP contribution in [-0.4, -0.2) is 18.7 Å². The highest BCUT2D eigenvalue weighted by Crippen LogP contribution is 2.34. The number of ether oxygens (including phenoxy) is 2. The molecule has 18 heavy (non-hydrogen) atoms. The van der Waals surface area contributed by atoms with Crippen LogP contribution in [0.4, 0.5) is 4.39 Å². The Morgan fingerprint density at radius 3 is 2.72 bits per heavy atom. The van der Waals surface area contributed by atoms with Crippen LogP contribution in [0.3, 0.4) is 0 Å². The molecule has 5 heteroatoms. The maximum absolute atomic E-state index is 13.7. The van der Waals surface area contributed by atoms with Crippen LogP contribution in [0.1, 0.15) is 12.6 Å². The molecule has 0 saturated heterocycles. The minimum absolute atomic E-state index is 0.265. The van der Waals surface area contributed by atoms with Crippen molar-refractivity contribution in [2.45, 2.75) is 13.8 Å². The average Bonchev–Trinajstić information content (AvgIpc) is 2.73. The van der Waals surface area contributed by atoms with E-state index in [1.54, 1.807) is 19.2 Å². The van der Waals surface area contributed by atoms with E-state index in [4.69, 9.17) is 9.47 Å². The minimum Gasteiger partial charge on any atom is -0.491 e. The largest absolute Gasteiger partial charge is 0.491 e. The normalized spacial score (nSPS) is 10.4. The lowest BCUT2D eigenvalue weighted by molar-refractivity contribution is 0.321. The van der Waals surface area contributed by atoms with Crippen LogP contribution in [0, 0.1) is 12.7 Å². The van der Waals surface area contributed by atoms with Crippen molar-refractivity contribution in [3.63, 3.8) is 0 Å². The predicted molar refractivity (Wildman–Crippen MR) is 70.0 cm³/mol. The van der Waals surface area contributed by atoms with Gasteiger partial charge in [0.2, 0.25) is 0 Å². The van der Waals surface area contributed by atoms with Crippen molar-refractivity contribution in [3.8, 4) is 21.4 Å². The first-order valence-corrected chi connectivity index (χ1v) is 6.41. The molecule has 0 aliphatic carbocycles. The van der Waals surface area contributed by atoms with E-state index in [0.29, 0.717) is 6.61 Å². The molecule has 96 valence electrons. The first kappa shape index (κ1) is 12.8. The summed E-state index contributed by atoms with van der Waals surface area (Å²) in [5.74, 6) is -0.109. The number of hydrogen-bond acceptors (Lipinski definition) is 4. The molecule has 0 N–H and O–H groups in total. The standard InChI is InChI=1S/C13H14FNO2S/c1-4-17-11-6-5-9(7-10(11)14)12-15-8(2)13(16-3)18-12/h5-7H,4H2,1-3H3. The van der Waals surface area contributed by atoms with Gasteiger partial charge < -0.3 is 9.47 Å². The van der Waals surface area contributed by atoms with E-state index in [0.717, 1.165) is 21.3 Å². The third-order valence-electron chi connectivity index (χ3n) is 2.42. The van der Waals surface area contributed by atoms with Gasteiger partial charge in [-0.2, -0.15) is 0 Å². The summed E-state index contributed by atoms with van der Waals surface area (Å²) in [6.07, 6.45) is 0. The maximum atomic E-state index is 13.7. The Labute approximate surface area is 109 Å². The van der Waals surface area contributed by atoms with E-state index in [1.165, 1.54) is 17.4 Å². The Morgan fingerprint density at radius 2 is 2.17 bits per heavy atom. The fraction of sp³-hybridized carbons (Fsp3) is 0.308. The summed E-state index contributed by atoms with van der Waals surface area (Å²) in [5, 5.41) is 1.49. The molecule has 0 fully saturated rings. The Bertz CT molecular complexity index is 554. The molecule has 2 aromatic rings. The molecule has 0 amide bonds. The summed E-state index contributed by atoms with van der Waals surface area (Å²) >= 11 is 1.40. The molecule has 1 aromatic carbocycles. The molecule has 0 saturated carbocycles. The quantitative estimate of drug-likeness (QED) is 0.847. The monoisotopic (exact) mass is 267 g/mol. The van der Waals surface area contributed by atoms with Crippen molar-refractivity contribution in [1.82, 2.24) is 4.98 Å². The van der Waals surface area contributed by atoms with Crippen molar-refractivity contribution >= 4 is 11.3 Å². The van der Waals surface area contributed by atoms with Crippen molar-refractivity contribution in [2.75, 3.05) is 13.7 Å². The van der Waals surface area contributed by atoms with E-state index in [2.05, 4.69) is 4.98 Å². The second-order valence-corrected chi connectivity index (χ2v) is 4.64. The van der Waals surface area contributed by atoms with Crippen LogP contribution >= 0.6 is 11.3 Å². The highest BCUT2D eigenvalue weighted by atomic mass is 32.1. The van der Waals surface area contributed by atoms with Gasteiger partial charge in [0.1, 0.15) is 5.01 Å².